The summed E-state index contributed by atoms with van der Waals surface area (Å²) in [6, 6.07) is 27.4. The summed E-state index contributed by atoms with van der Waals surface area (Å²) < 4.78 is 2.43. The van der Waals surface area contributed by atoms with Gasteiger partial charge in [0.1, 0.15) is 11.4 Å². The third kappa shape index (κ3) is 3.07. The van der Waals surface area contributed by atoms with Gasteiger partial charge >= 0.3 is 0 Å². The topological polar surface area (TPSA) is 6.25 Å². The molecular formula is C27H27ClN2. The van der Waals surface area contributed by atoms with E-state index in [-0.39, 0.29) is 12.4 Å². The second-order valence-electron chi connectivity index (χ2n) is 8.48. The van der Waals surface area contributed by atoms with Crippen LogP contribution in [0.15, 0.2) is 72.8 Å². The number of benzene rings is 4. The van der Waals surface area contributed by atoms with Gasteiger partial charge in [0.05, 0.1) is 12.1 Å². The Morgan fingerprint density at radius 1 is 0.667 bits per heavy atom. The number of hydrogen-bond acceptors (Lipinski definition) is 1. The maximum Gasteiger partial charge on any atom is 0.244 e. The van der Waals surface area contributed by atoms with Gasteiger partial charge in [0.2, 0.25) is 6.34 Å². The number of nitrogens with zero attached hydrogens (tertiary/aromatic N) is 2. The van der Waals surface area contributed by atoms with Crippen LogP contribution in [0.3, 0.4) is 0 Å². The molecule has 0 aliphatic carbocycles. The van der Waals surface area contributed by atoms with Gasteiger partial charge in [-0.2, -0.15) is 0 Å². The van der Waals surface area contributed by atoms with E-state index in [0.29, 0.717) is 12.1 Å². The van der Waals surface area contributed by atoms with Crippen molar-refractivity contribution >= 4 is 39.3 Å². The average molecular weight is 415 g/mol. The maximum absolute atomic E-state index is 2.43. The quantitative estimate of drug-likeness (QED) is 0.450. The highest BCUT2D eigenvalue weighted by Crippen LogP contribution is 2.47. The first-order chi connectivity index (χ1) is 14.1. The van der Waals surface area contributed by atoms with E-state index in [1.54, 1.807) is 0 Å². The molecule has 3 heteroatoms. The van der Waals surface area contributed by atoms with Crippen LogP contribution in [0.1, 0.15) is 27.7 Å². The van der Waals surface area contributed by atoms with E-state index in [0.717, 1.165) is 0 Å². The maximum atomic E-state index is 2.43. The molecule has 4 aromatic carbocycles. The van der Waals surface area contributed by atoms with Crippen LogP contribution in [-0.2, 0) is 0 Å². The molecule has 0 unspecified atom stereocenters. The van der Waals surface area contributed by atoms with Gasteiger partial charge in [0.25, 0.3) is 0 Å². The Labute approximate surface area is 184 Å². The van der Waals surface area contributed by atoms with Gasteiger partial charge in [-0.3, -0.25) is 0 Å². The summed E-state index contributed by atoms with van der Waals surface area (Å²) in [6.45, 7) is 9.06. The van der Waals surface area contributed by atoms with Gasteiger partial charge < -0.3 is 12.4 Å². The van der Waals surface area contributed by atoms with Crippen molar-refractivity contribution in [2.24, 2.45) is 0 Å². The molecular weight excluding hydrogens is 388 g/mol. The highest BCUT2D eigenvalue weighted by Gasteiger charge is 2.31. The Hall–Kier alpha value is -2.84. The fourth-order valence-electron chi connectivity index (χ4n) is 4.56. The minimum atomic E-state index is 0. The van der Waals surface area contributed by atoms with Crippen molar-refractivity contribution in [2.45, 2.75) is 39.8 Å². The summed E-state index contributed by atoms with van der Waals surface area (Å²) in [5.41, 5.74) is 5.23. The Morgan fingerprint density at radius 3 is 1.83 bits per heavy atom. The fourth-order valence-corrected chi connectivity index (χ4v) is 4.56. The molecule has 0 radical (unpaired) electrons. The first-order valence-corrected chi connectivity index (χ1v) is 10.5. The average Bonchev–Trinajstić information content (AvgIpc) is 2.88. The molecule has 0 saturated carbocycles. The molecule has 0 bridgehead atoms. The van der Waals surface area contributed by atoms with Crippen LogP contribution in [0.4, 0.5) is 11.4 Å². The van der Waals surface area contributed by atoms with E-state index in [9.17, 15) is 0 Å². The van der Waals surface area contributed by atoms with E-state index < -0.39 is 0 Å². The van der Waals surface area contributed by atoms with Gasteiger partial charge in [-0.1, -0.05) is 60.7 Å². The lowest BCUT2D eigenvalue weighted by Crippen LogP contribution is -3.00. The van der Waals surface area contributed by atoms with Crippen molar-refractivity contribution in [3.8, 4) is 11.1 Å². The third-order valence-electron chi connectivity index (χ3n) is 5.98. The number of hydrogen-bond donors (Lipinski definition) is 0. The lowest BCUT2D eigenvalue weighted by Gasteiger charge is -2.20. The van der Waals surface area contributed by atoms with Crippen molar-refractivity contribution in [3.63, 3.8) is 0 Å². The predicted molar refractivity (Wildman–Crippen MR) is 126 cm³/mol. The highest BCUT2D eigenvalue weighted by molar-refractivity contribution is 6.14. The minimum Gasteiger partial charge on any atom is -1.00 e. The molecule has 0 saturated heterocycles. The molecule has 0 atom stereocenters. The molecule has 1 aliphatic heterocycles. The van der Waals surface area contributed by atoms with E-state index in [2.05, 4.69) is 116 Å². The summed E-state index contributed by atoms with van der Waals surface area (Å²) in [5.74, 6) is 0. The molecule has 2 nitrogen and oxygen atoms in total. The van der Waals surface area contributed by atoms with Crippen molar-refractivity contribution in [1.82, 2.24) is 0 Å². The molecule has 5 rings (SSSR count). The summed E-state index contributed by atoms with van der Waals surface area (Å²) in [6.07, 6.45) is 2.31. The summed E-state index contributed by atoms with van der Waals surface area (Å²) in [7, 11) is 0. The molecule has 0 aromatic heterocycles. The molecule has 1 aliphatic rings. The summed E-state index contributed by atoms with van der Waals surface area (Å²) in [4.78, 5) is 2.43. The van der Waals surface area contributed by atoms with Crippen LogP contribution < -0.4 is 17.3 Å². The van der Waals surface area contributed by atoms with Crippen LogP contribution in [0.2, 0.25) is 0 Å². The first-order valence-electron chi connectivity index (χ1n) is 10.5. The second-order valence-corrected chi connectivity index (χ2v) is 8.48. The largest absolute Gasteiger partial charge is 1.00 e. The molecule has 30 heavy (non-hydrogen) atoms. The van der Waals surface area contributed by atoms with E-state index in [1.165, 1.54) is 44.0 Å². The molecule has 0 amide bonds. The first kappa shape index (κ1) is 20.4. The lowest BCUT2D eigenvalue weighted by atomic mass is 9.90. The van der Waals surface area contributed by atoms with E-state index in [1.807, 2.05) is 0 Å². The summed E-state index contributed by atoms with van der Waals surface area (Å²) in [5, 5.41) is 5.19. The van der Waals surface area contributed by atoms with Crippen molar-refractivity contribution in [2.75, 3.05) is 4.90 Å². The van der Waals surface area contributed by atoms with Crippen LogP contribution in [0, 0.1) is 0 Å². The van der Waals surface area contributed by atoms with E-state index >= 15 is 0 Å². The zero-order valence-electron chi connectivity index (χ0n) is 17.9. The van der Waals surface area contributed by atoms with Crippen LogP contribution in [0.25, 0.3) is 32.7 Å². The van der Waals surface area contributed by atoms with Crippen molar-refractivity contribution < 1.29 is 17.0 Å². The zero-order chi connectivity index (χ0) is 20.1. The standard InChI is InChI=1S/C27H27N2.ClH/c1-18(2)28-17-29(19(3)4)25-16-14-21-10-6-8-12-23(21)27(25)26-22-11-7-5-9-20(22)13-15-24(26)28;/h5-19H,1-4H3;1H/q+1;/p-1. The van der Waals surface area contributed by atoms with Gasteiger partial charge in [-0.25, -0.2) is 9.48 Å². The van der Waals surface area contributed by atoms with Crippen molar-refractivity contribution in [1.29, 1.82) is 0 Å². The van der Waals surface area contributed by atoms with Gasteiger partial charge in [-0.15, -0.1) is 0 Å². The number of halogens is 1. The molecule has 0 fully saturated rings. The van der Waals surface area contributed by atoms with Gasteiger partial charge in [0, 0.05) is 11.1 Å². The number of rotatable bonds is 2. The molecule has 1 heterocycles. The molecule has 4 aromatic rings. The molecule has 0 N–H and O–H groups in total. The van der Waals surface area contributed by atoms with Gasteiger partial charge in [0.15, 0.2) is 0 Å². The lowest BCUT2D eigenvalue weighted by molar-refractivity contribution is -0.471. The Morgan fingerprint density at radius 2 is 1.23 bits per heavy atom. The number of anilines is 1. The monoisotopic (exact) mass is 414 g/mol. The SMILES string of the molecule is CC(C)N1C=[N+](C(C)C)c2ccc3ccccc3c2-c2c1ccc1ccccc21.[Cl-]. The van der Waals surface area contributed by atoms with Crippen LogP contribution in [-0.4, -0.2) is 23.0 Å². The summed E-state index contributed by atoms with van der Waals surface area (Å²) >= 11 is 0. The second kappa shape index (κ2) is 7.77. The Balaban J connectivity index is 0.00000218. The van der Waals surface area contributed by atoms with E-state index in [4.69, 9.17) is 0 Å². The molecule has 152 valence electrons. The fraction of sp³-hybridized carbons (Fsp3) is 0.222. The molecule has 0 spiro atoms. The smallest absolute Gasteiger partial charge is 0.244 e. The zero-order valence-corrected chi connectivity index (χ0v) is 18.7. The Bertz CT molecular complexity index is 1270. The van der Waals surface area contributed by atoms with Crippen molar-refractivity contribution in [3.05, 3.63) is 72.8 Å². The Kier molecular flexibility index (Phi) is 5.29. The van der Waals surface area contributed by atoms with Crippen LogP contribution >= 0.6 is 0 Å². The van der Waals surface area contributed by atoms with Crippen LogP contribution in [0.5, 0.6) is 0 Å². The number of fused-ring (bicyclic) bond motifs is 7. The predicted octanol–water partition coefficient (Wildman–Crippen LogP) is 3.97. The normalized spacial score (nSPS) is 13.1. The highest BCUT2D eigenvalue weighted by atomic mass is 35.5. The van der Waals surface area contributed by atoms with Gasteiger partial charge in [-0.05, 0) is 61.4 Å². The third-order valence-corrected chi connectivity index (χ3v) is 5.98. The minimum absolute atomic E-state index is 0.